The topological polar surface area (TPSA) is 154 Å². The minimum atomic E-state index is -0.816. The summed E-state index contributed by atoms with van der Waals surface area (Å²) in [6.07, 6.45) is 3.85. The summed E-state index contributed by atoms with van der Waals surface area (Å²) in [5, 5.41) is 8.45. The summed E-state index contributed by atoms with van der Waals surface area (Å²) in [5.41, 5.74) is 2.92. The second-order valence-corrected chi connectivity index (χ2v) is 7.03. The highest BCUT2D eigenvalue weighted by Crippen LogP contribution is 2.29. The molecular weight excluding hydrogens is 416 g/mol. The van der Waals surface area contributed by atoms with Gasteiger partial charge in [-0.25, -0.2) is 15.1 Å². The lowest BCUT2D eigenvalue weighted by atomic mass is 10.2. The molecule has 156 valence electrons. The van der Waals surface area contributed by atoms with Crippen LogP contribution in [0.15, 0.2) is 36.0 Å². The molecular formula is C17H16N6O6S. The van der Waals surface area contributed by atoms with E-state index in [0.29, 0.717) is 5.56 Å². The molecule has 13 heteroatoms. The summed E-state index contributed by atoms with van der Waals surface area (Å²) < 4.78 is 11.8. The Morgan fingerprint density at radius 3 is 2.87 bits per heavy atom. The second kappa shape index (κ2) is 9.65. The van der Waals surface area contributed by atoms with Crippen LogP contribution in [-0.4, -0.2) is 56.4 Å². The Balaban J connectivity index is 1.56. The van der Waals surface area contributed by atoms with Gasteiger partial charge in [0.25, 0.3) is 11.1 Å². The average Bonchev–Trinajstić information content (AvgIpc) is 3.32. The normalized spacial score (nSPS) is 15.8. The highest BCUT2D eigenvalue weighted by Gasteiger charge is 2.34. The van der Waals surface area contributed by atoms with Crippen molar-refractivity contribution < 1.29 is 28.7 Å². The van der Waals surface area contributed by atoms with Gasteiger partial charge < -0.3 is 9.47 Å². The van der Waals surface area contributed by atoms with Crippen molar-refractivity contribution in [3.05, 3.63) is 36.4 Å². The maximum atomic E-state index is 12.1. The number of hydrogen-bond donors (Lipinski definition) is 2. The number of carbonyl (C=O) groups excluding carboxylic acids is 4. The first-order valence-electron chi connectivity index (χ1n) is 8.49. The van der Waals surface area contributed by atoms with Crippen LogP contribution in [0.25, 0.3) is 0 Å². The van der Waals surface area contributed by atoms with E-state index < -0.39 is 22.4 Å². The van der Waals surface area contributed by atoms with Gasteiger partial charge in [0.1, 0.15) is 24.4 Å². The molecule has 0 saturated carbocycles. The van der Waals surface area contributed by atoms with Crippen LogP contribution in [0, 0.1) is 0 Å². The van der Waals surface area contributed by atoms with Crippen LogP contribution >= 0.6 is 11.8 Å². The van der Waals surface area contributed by atoms with Crippen molar-refractivity contribution in [1.29, 1.82) is 0 Å². The van der Waals surface area contributed by atoms with E-state index in [4.69, 9.17) is 9.47 Å². The predicted molar refractivity (Wildman–Crippen MR) is 104 cm³/mol. The minimum absolute atomic E-state index is 0.0293. The number of methoxy groups -OCH3 is 1. The number of aromatic nitrogens is 3. The fourth-order valence-electron chi connectivity index (χ4n) is 2.37. The zero-order valence-electron chi connectivity index (χ0n) is 15.6. The van der Waals surface area contributed by atoms with Gasteiger partial charge in [-0.05, 0) is 23.8 Å². The summed E-state index contributed by atoms with van der Waals surface area (Å²) >= 11 is 0.745. The number of rotatable bonds is 8. The third-order valence-corrected chi connectivity index (χ3v) is 4.69. The molecule has 1 aromatic carbocycles. The van der Waals surface area contributed by atoms with Crippen LogP contribution in [-0.2, 0) is 20.9 Å². The summed E-state index contributed by atoms with van der Waals surface area (Å²) in [7, 11) is 1.40. The highest BCUT2D eigenvalue weighted by molar-refractivity contribution is 8.15. The molecule has 1 atom stereocenters. The van der Waals surface area contributed by atoms with Crippen molar-refractivity contribution in [2.24, 2.45) is 5.10 Å². The van der Waals surface area contributed by atoms with Crippen molar-refractivity contribution in [2.45, 2.75) is 18.2 Å². The molecule has 12 nitrogen and oxygen atoms in total. The lowest BCUT2D eigenvalue weighted by molar-refractivity contribution is -0.136. The Labute approximate surface area is 174 Å². The lowest BCUT2D eigenvalue weighted by Gasteiger charge is -2.10. The van der Waals surface area contributed by atoms with E-state index >= 15 is 0 Å². The fraction of sp³-hybridized carbons (Fsp3) is 0.235. The van der Waals surface area contributed by atoms with Crippen LogP contribution < -0.4 is 20.2 Å². The number of thioether (sulfide) groups is 1. The van der Waals surface area contributed by atoms with Crippen molar-refractivity contribution in [3.63, 3.8) is 0 Å². The van der Waals surface area contributed by atoms with E-state index in [1.807, 2.05) is 0 Å². The number of carbonyl (C=O) groups is 4. The zero-order chi connectivity index (χ0) is 21.5. The SMILES string of the molecule is COc1cc(/C=N/NC(=O)Cn2cncn2)ccc1OC(=O)CC1SC(=O)NC1=O. The molecule has 30 heavy (non-hydrogen) atoms. The monoisotopic (exact) mass is 432 g/mol. The van der Waals surface area contributed by atoms with E-state index in [-0.39, 0.29) is 30.4 Å². The summed E-state index contributed by atoms with van der Waals surface area (Å²) in [6.45, 7) is -0.0293. The Hall–Kier alpha value is -3.74. The number of imide groups is 1. The van der Waals surface area contributed by atoms with Crippen LogP contribution in [0.3, 0.4) is 0 Å². The molecule has 3 rings (SSSR count). The Bertz CT molecular complexity index is 993. The number of ether oxygens (including phenoxy) is 2. The van der Waals surface area contributed by atoms with Gasteiger partial charge in [0.2, 0.25) is 5.91 Å². The van der Waals surface area contributed by atoms with Gasteiger partial charge in [-0.1, -0.05) is 11.8 Å². The smallest absolute Gasteiger partial charge is 0.312 e. The quantitative estimate of drug-likeness (QED) is 0.255. The number of benzene rings is 1. The van der Waals surface area contributed by atoms with Crippen molar-refractivity contribution in [1.82, 2.24) is 25.5 Å². The number of nitrogens with one attached hydrogen (secondary N) is 2. The third kappa shape index (κ3) is 5.64. The van der Waals surface area contributed by atoms with Gasteiger partial charge in [0.05, 0.1) is 19.7 Å². The van der Waals surface area contributed by atoms with Gasteiger partial charge in [-0.15, -0.1) is 0 Å². The first-order chi connectivity index (χ1) is 14.4. The highest BCUT2D eigenvalue weighted by atomic mass is 32.2. The van der Waals surface area contributed by atoms with E-state index in [2.05, 4.69) is 25.9 Å². The van der Waals surface area contributed by atoms with Crippen molar-refractivity contribution in [3.8, 4) is 11.5 Å². The number of hydrazone groups is 1. The molecule has 1 unspecified atom stereocenters. The fourth-order valence-corrected chi connectivity index (χ4v) is 3.17. The van der Waals surface area contributed by atoms with E-state index in [1.54, 1.807) is 12.1 Å². The molecule has 1 aliphatic rings. The van der Waals surface area contributed by atoms with Crippen LogP contribution in [0.5, 0.6) is 11.5 Å². The van der Waals surface area contributed by atoms with Gasteiger partial charge in [-0.3, -0.25) is 24.5 Å². The molecule has 1 aliphatic heterocycles. The standard InChI is InChI=1S/C17H16N6O6S/c1-28-12-4-10(6-19-22-14(24)7-23-9-18-8-20-23)2-3-11(12)29-15(25)5-13-16(26)21-17(27)30-13/h2-4,6,8-9,13H,5,7H2,1H3,(H,22,24)(H,21,26,27)/b19-6+. The number of hydrogen-bond acceptors (Lipinski definition) is 10. The number of esters is 1. The second-order valence-electron chi connectivity index (χ2n) is 5.86. The molecule has 1 fully saturated rings. The lowest BCUT2D eigenvalue weighted by Crippen LogP contribution is -2.27. The van der Waals surface area contributed by atoms with Gasteiger partial charge in [0, 0.05) is 0 Å². The Morgan fingerprint density at radius 2 is 2.20 bits per heavy atom. The predicted octanol–water partition coefficient (Wildman–Crippen LogP) is 0.0841. The van der Waals surface area contributed by atoms with Gasteiger partial charge in [-0.2, -0.15) is 10.2 Å². The minimum Gasteiger partial charge on any atom is -0.493 e. The molecule has 2 heterocycles. The summed E-state index contributed by atoms with van der Waals surface area (Å²) in [4.78, 5) is 50.3. The maximum Gasteiger partial charge on any atom is 0.312 e. The van der Waals surface area contributed by atoms with E-state index in [0.717, 1.165) is 11.8 Å². The Kier molecular flexibility index (Phi) is 6.75. The van der Waals surface area contributed by atoms with Crippen LogP contribution in [0.4, 0.5) is 4.79 Å². The van der Waals surface area contributed by atoms with Crippen molar-refractivity contribution in [2.75, 3.05) is 7.11 Å². The largest absolute Gasteiger partial charge is 0.493 e. The molecule has 0 aliphatic carbocycles. The third-order valence-electron chi connectivity index (χ3n) is 3.71. The summed E-state index contributed by atoms with van der Waals surface area (Å²) in [5.74, 6) is -1.20. The zero-order valence-corrected chi connectivity index (χ0v) is 16.4. The average molecular weight is 432 g/mol. The van der Waals surface area contributed by atoms with Gasteiger partial charge in [0.15, 0.2) is 11.5 Å². The molecule has 3 amide bonds. The first kappa shape index (κ1) is 21.0. The molecule has 0 radical (unpaired) electrons. The summed E-state index contributed by atoms with van der Waals surface area (Å²) in [6, 6.07) is 4.64. The molecule has 0 bridgehead atoms. The molecule has 1 aromatic heterocycles. The van der Waals surface area contributed by atoms with Crippen molar-refractivity contribution >= 4 is 41.0 Å². The number of nitrogens with zero attached hydrogens (tertiary/aromatic N) is 4. The molecule has 2 N–H and O–H groups in total. The molecule has 1 saturated heterocycles. The molecule has 0 spiro atoms. The van der Waals surface area contributed by atoms with Gasteiger partial charge >= 0.3 is 5.97 Å². The van der Waals surface area contributed by atoms with E-state index in [9.17, 15) is 19.2 Å². The number of amides is 3. The van der Waals surface area contributed by atoms with Crippen LogP contribution in [0.2, 0.25) is 0 Å². The van der Waals surface area contributed by atoms with Crippen LogP contribution in [0.1, 0.15) is 12.0 Å². The Morgan fingerprint density at radius 1 is 1.37 bits per heavy atom. The first-order valence-corrected chi connectivity index (χ1v) is 9.37. The maximum absolute atomic E-state index is 12.1. The van der Waals surface area contributed by atoms with E-state index in [1.165, 1.54) is 36.7 Å². The molecule has 2 aromatic rings.